The molecule has 0 fully saturated rings. The van der Waals surface area contributed by atoms with Gasteiger partial charge in [0.1, 0.15) is 0 Å². The Balaban J connectivity index is 3.79. The van der Waals surface area contributed by atoms with E-state index in [1.807, 2.05) is 0 Å². The van der Waals surface area contributed by atoms with E-state index in [-0.39, 0.29) is 0 Å². The summed E-state index contributed by atoms with van der Waals surface area (Å²) in [6.45, 7) is 3.33. The van der Waals surface area contributed by atoms with Crippen molar-refractivity contribution in [3.8, 4) is 29.8 Å². The zero-order valence-corrected chi connectivity index (χ0v) is 4.23. The standard InChI is InChI=1S/C7H3N/c1-2-3-4-5-6-7-8/h2H,1H2. The summed E-state index contributed by atoms with van der Waals surface area (Å²) in [7, 11) is 0. The highest BCUT2D eigenvalue weighted by molar-refractivity contribution is 5.34. The van der Waals surface area contributed by atoms with E-state index in [1.54, 1.807) is 6.07 Å². The average molecular weight is 101 g/mol. The second-order valence-electron chi connectivity index (χ2n) is 0.835. The Hall–Kier alpha value is -1.65. The molecule has 0 N–H and O–H groups in total. The molecule has 0 radical (unpaired) electrons. The maximum absolute atomic E-state index is 7.85. The van der Waals surface area contributed by atoms with E-state index in [0.29, 0.717) is 0 Å². The highest BCUT2D eigenvalue weighted by Gasteiger charge is 1.51. The van der Waals surface area contributed by atoms with E-state index in [9.17, 15) is 0 Å². The van der Waals surface area contributed by atoms with Crippen LogP contribution in [-0.4, -0.2) is 0 Å². The van der Waals surface area contributed by atoms with Crippen molar-refractivity contribution in [2.45, 2.75) is 0 Å². The van der Waals surface area contributed by atoms with Gasteiger partial charge < -0.3 is 0 Å². The van der Waals surface area contributed by atoms with Gasteiger partial charge in [-0.25, -0.2) is 0 Å². The van der Waals surface area contributed by atoms with Crippen LogP contribution in [-0.2, 0) is 0 Å². The lowest BCUT2D eigenvalue weighted by Crippen LogP contribution is -1.47. The molecule has 0 saturated heterocycles. The molecule has 8 heavy (non-hydrogen) atoms. The Kier molecular flexibility index (Phi) is 4.25. The lowest BCUT2D eigenvalue weighted by molar-refractivity contribution is 1.55. The number of allylic oxidation sites excluding steroid dienone is 1. The number of nitrogens with zero attached hydrogens (tertiary/aromatic N) is 1. The van der Waals surface area contributed by atoms with Gasteiger partial charge in [0.15, 0.2) is 6.07 Å². The summed E-state index contributed by atoms with van der Waals surface area (Å²) in [6.07, 6.45) is 1.42. The molecule has 0 aromatic heterocycles. The van der Waals surface area contributed by atoms with Crippen LogP contribution in [0.2, 0.25) is 0 Å². The molecule has 0 atom stereocenters. The first-order chi connectivity index (χ1) is 3.91. The Morgan fingerprint density at radius 2 is 2.00 bits per heavy atom. The van der Waals surface area contributed by atoms with Crippen molar-refractivity contribution in [3.63, 3.8) is 0 Å². The van der Waals surface area contributed by atoms with Gasteiger partial charge in [0, 0.05) is 11.8 Å². The van der Waals surface area contributed by atoms with Gasteiger partial charge in [0.25, 0.3) is 0 Å². The first kappa shape index (κ1) is 6.35. The number of hydrogen-bond acceptors (Lipinski definition) is 1. The maximum Gasteiger partial charge on any atom is 0.153 e. The SMILES string of the molecule is C=CC#CC#CC#N. The molecular formula is C7H3N. The zero-order valence-electron chi connectivity index (χ0n) is 4.23. The molecule has 0 spiro atoms. The smallest absolute Gasteiger partial charge is 0.153 e. The minimum Gasteiger partial charge on any atom is -0.183 e. The predicted molar refractivity (Wildman–Crippen MR) is 31.4 cm³/mol. The van der Waals surface area contributed by atoms with Gasteiger partial charge in [-0.3, -0.25) is 0 Å². The van der Waals surface area contributed by atoms with Crippen LogP contribution >= 0.6 is 0 Å². The highest BCUT2D eigenvalue weighted by Crippen LogP contribution is 1.54. The van der Waals surface area contributed by atoms with Crippen molar-refractivity contribution in [2.24, 2.45) is 0 Å². The van der Waals surface area contributed by atoms with Crippen LogP contribution in [0.4, 0.5) is 0 Å². The molecule has 0 amide bonds. The van der Waals surface area contributed by atoms with E-state index in [1.165, 1.54) is 6.08 Å². The van der Waals surface area contributed by atoms with Crippen LogP contribution in [0.1, 0.15) is 0 Å². The summed E-state index contributed by atoms with van der Waals surface area (Å²) in [5, 5.41) is 7.85. The Morgan fingerprint density at radius 1 is 1.25 bits per heavy atom. The van der Waals surface area contributed by atoms with Crippen molar-refractivity contribution in [3.05, 3.63) is 12.7 Å². The average Bonchev–Trinajstić information content (AvgIpc) is 1.81. The third-order valence-electron chi connectivity index (χ3n) is 0.355. The van der Waals surface area contributed by atoms with Gasteiger partial charge in [0.05, 0.1) is 0 Å². The van der Waals surface area contributed by atoms with Gasteiger partial charge >= 0.3 is 0 Å². The summed E-state index contributed by atoms with van der Waals surface area (Å²) in [4.78, 5) is 0. The molecule has 0 saturated carbocycles. The molecule has 0 aliphatic carbocycles. The molecule has 0 aromatic rings. The van der Waals surface area contributed by atoms with Gasteiger partial charge in [-0.2, -0.15) is 5.26 Å². The molecule has 0 aromatic carbocycles. The fourth-order valence-electron chi connectivity index (χ4n) is 0.146. The van der Waals surface area contributed by atoms with Crippen LogP contribution in [0.3, 0.4) is 0 Å². The molecule has 0 aliphatic rings. The van der Waals surface area contributed by atoms with Crippen molar-refractivity contribution < 1.29 is 0 Å². The Morgan fingerprint density at radius 3 is 2.50 bits per heavy atom. The van der Waals surface area contributed by atoms with Gasteiger partial charge in [-0.05, 0) is 12.0 Å². The van der Waals surface area contributed by atoms with Crippen molar-refractivity contribution in [1.82, 2.24) is 0 Å². The second-order valence-corrected chi connectivity index (χ2v) is 0.835. The summed E-state index contributed by atoms with van der Waals surface area (Å²) >= 11 is 0. The van der Waals surface area contributed by atoms with E-state index in [0.717, 1.165) is 0 Å². The molecule has 0 aliphatic heterocycles. The molecule has 0 unspecified atom stereocenters. The maximum atomic E-state index is 7.85. The lowest BCUT2D eigenvalue weighted by atomic mass is 10.5. The number of rotatable bonds is 0. The van der Waals surface area contributed by atoms with E-state index >= 15 is 0 Å². The minimum atomic E-state index is 1.42. The first-order valence-electron chi connectivity index (χ1n) is 1.92. The second kappa shape index (κ2) is 5.35. The molecule has 36 valence electrons. The van der Waals surface area contributed by atoms with E-state index in [2.05, 4.69) is 30.3 Å². The fourth-order valence-corrected chi connectivity index (χ4v) is 0.146. The first-order valence-corrected chi connectivity index (χ1v) is 1.92. The largest absolute Gasteiger partial charge is 0.183 e. The molecular weight excluding hydrogens is 98.1 g/mol. The third-order valence-corrected chi connectivity index (χ3v) is 0.355. The Bertz CT molecular complexity index is 221. The third kappa shape index (κ3) is 4.35. The Labute approximate surface area is 48.6 Å². The summed E-state index contributed by atoms with van der Waals surface area (Å²) in [6, 6.07) is 1.63. The van der Waals surface area contributed by atoms with Gasteiger partial charge in [0.2, 0.25) is 0 Å². The van der Waals surface area contributed by atoms with Crippen molar-refractivity contribution >= 4 is 0 Å². The molecule has 1 nitrogen and oxygen atoms in total. The number of hydrogen-bond donors (Lipinski definition) is 0. The molecule has 0 heterocycles. The van der Waals surface area contributed by atoms with Crippen molar-refractivity contribution in [1.29, 1.82) is 5.26 Å². The van der Waals surface area contributed by atoms with Crippen LogP contribution in [0.25, 0.3) is 0 Å². The number of nitriles is 1. The van der Waals surface area contributed by atoms with Crippen LogP contribution < -0.4 is 0 Å². The summed E-state index contributed by atoms with van der Waals surface area (Å²) in [5.41, 5.74) is 0. The zero-order chi connectivity index (χ0) is 6.24. The minimum absolute atomic E-state index is 1.42. The van der Waals surface area contributed by atoms with E-state index < -0.39 is 0 Å². The summed E-state index contributed by atoms with van der Waals surface area (Å²) < 4.78 is 0. The molecule has 0 rings (SSSR count). The van der Waals surface area contributed by atoms with Crippen LogP contribution in [0.15, 0.2) is 12.7 Å². The quantitative estimate of drug-likeness (QED) is 0.412. The van der Waals surface area contributed by atoms with Gasteiger partial charge in [-0.1, -0.05) is 12.5 Å². The fraction of sp³-hybridized carbons (Fsp3) is 0. The van der Waals surface area contributed by atoms with Crippen molar-refractivity contribution in [2.75, 3.05) is 0 Å². The molecule has 0 bridgehead atoms. The lowest BCUT2D eigenvalue weighted by Gasteiger charge is -1.51. The van der Waals surface area contributed by atoms with Crippen LogP contribution in [0.5, 0.6) is 0 Å². The predicted octanol–water partition coefficient (Wildman–Crippen LogP) is 0.703. The normalized spacial score (nSPS) is 3.88. The topological polar surface area (TPSA) is 23.8 Å². The highest BCUT2D eigenvalue weighted by atomic mass is 14.2. The van der Waals surface area contributed by atoms with Crippen LogP contribution in [0, 0.1) is 35.0 Å². The molecule has 1 heteroatoms. The van der Waals surface area contributed by atoms with E-state index in [4.69, 9.17) is 5.26 Å². The summed E-state index contributed by atoms with van der Waals surface area (Å²) in [5.74, 6) is 9.27. The monoisotopic (exact) mass is 101 g/mol. The van der Waals surface area contributed by atoms with Gasteiger partial charge in [-0.15, -0.1) is 0 Å².